The third kappa shape index (κ3) is 3.58. The van der Waals surface area contributed by atoms with Gasteiger partial charge in [0, 0.05) is 18.7 Å². The molecule has 0 atom stereocenters. The number of nitrogens with one attached hydrogen (secondary N) is 1. The van der Waals surface area contributed by atoms with E-state index in [1.165, 1.54) is 18.1 Å². The van der Waals surface area contributed by atoms with Gasteiger partial charge in [0.1, 0.15) is 28.9 Å². The fraction of sp³-hybridized carbons (Fsp3) is 0.136. The Morgan fingerprint density at radius 3 is 2.78 bits per heavy atom. The van der Waals surface area contributed by atoms with Crippen LogP contribution in [0.4, 0.5) is 15.9 Å². The summed E-state index contributed by atoms with van der Waals surface area (Å²) in [5.41, 5.74) is 3.53. The number of anilines is 2. The molecule has 160 valence electrons. The minimum Gasteiger partial charge on any atom is -0.457 e. The molecule has 0 radical (unpaired) electrons. The molecular weight excluding hydrogens is 429 g/mol. The maximum Gasteiger partial charge on any atom is 0.188 e. The summed E-state index contributed by atoms with van der Waals surface area (Å²) in [7, 11) is 1.93. The van der Waals surface area contributed by atoms with Crippen molar-refractivity contribution in [1.82, 2.24) is 29.5 Å². The minimum atomic E-state index is -0.438. The second-order valence-electron chi connectivity index (χ2n) is 7.10. The lowest BCUT2D eigenvalue weighted by Gasteiger charge is -2.14. The van der Waals surface area contributed by atoms with Crippen molar-refractivity contribution in [3.63, 3.8) is 0 Å². The maximum absolute atomic E-state index is 15.2. The van der Waals surface area contributed by atoms with Crippen LogP contribution in [-0.4, -0.2) is 35.7 Å². The van der Waals surface area contributed by atoms with Gasteiger partial charge >= 0.3 is 0 Å². The average molecular weight is 447 g/mol. The first-order chi connectivity index (χ1) is 15.5. The summed E-state index contributed by atoms with van der Waals surface area (Å²) in [5.74, 6) is 0.970. The Kier molecular flexibility index (Phi) is 5.06. The van der Waals surface area contributed by atoms with Crippen LogP contribution < -0.4 is 10.1 Å². The van der Waals surface area contributed by atoms with E-state index in [0.29, 0.717) is 39.1 Å². The molecule has 0 saturated carbocycles. The average Bonchev–Trinajstić information content (AvgIpc) is 3.18. The number of ether oxygens (including phenoxy) is 1. The molecule has 2 aromatic carbocycles. The smallest absolute Gasteiger partial charge is 0.188 e. The molecule has 0 unspecified atom stereocenters. The van der Waals surface area contributed by atoms with Crippen molar-refractivity contribution in [2.24, 2.45) is 7.05 Å². The quantitative estimate of drug-likeness (QED) is 0.297. The van der Waals surface area contributed by atoms with Crippen molar-refractivity contribution in [2.75, 3.05) is 11.6 Å². The van der Waals surface area contributed by atoms with Gasteiger partial charge in [-0.15, -0.1) is 0 Å². The number of aryl methyl sites for hydroxylation is 1. The molecule has 1 N–H and O–H groups in total. The number of halogens is 1. The first-order valence-electron chi connectivity index (χ1n) is 9.70. The van der Waals surface area contributed by atoms with E-state index < -0.39 is 5.82 Å². The number of nitrogens with zero attached hydrogens (tertiary/aromatic N) is 6. The topological polar surface area (TPSA) is 90.6 Å². The molecule has 8 nitrogen and oxygen atoms in total. The van der Waals surface area contributed by atoms with Crippen molar-refractivity contribution in [2.45, 2.75) is 12.1 Å². The van der Waals surface area contributed by atoms with Gasteiger partial charge in [0.15, 0.2) is 16.8 Å². The lowest BCUT2D eigenvalue weighted by Crippen LogP contribution is -2.02. The molecule has 3 heterocycles. The van der Waals surface area contributed by atoms with E-state index >= 15 is 4.39 Å². The molecule has 0 aliphatic rings. The third-order valence-corrected chi connectivity index (χ3v) is 5.61. The molecule has 0 aliphatic heterocycles. The van der Waals surface area contributed by atoms with Crippen LogP contribution in [0, 0.1) is 12.7 Å². The highest BCUT2D eigenvalue weighted by atomic mass is 32.2. The summed E-state index contributed by atoms with van der Waals surface area (Å²) in [6, 6.07) is 8.92. The lowest BCUT2D eigenvalue weighted by molar-refractivity contribution is 0.472. The lowest BCUT2D eigenvalue weighted by atomic mass is 10.1. The van der Waals surface area contributed by atoms with Gasteiger partial charge < -0.3 is 14.6 Å². The van der Waals surface area contributed by atoms with E-state index in [2.05, 4.69) is 30.2 Å². The molecule has 0 saturated heterocycles. The largest absolute Gasteiger partial charge is 0.457 e. The number of thioether (sulfide) groups is 1. The molecule has 32 heavy (non-hydrogen) atoms. The molecule has 10 heteroatoms. The van der Waals surface area contributed by atoms with E-state index in [4.69, 9.17) is 4.74 Å². The zero-order valence-corrected chi connectivity index (χ0v) is 18.3. The Bertz CT molecular complexity index is 1470. The minimum absolute atomic E-state index is 0.263. The summed E-state index contributed by atoms with van der Waals surface area (Å²) in [6.07, 6.45) is 6.63. The maximum atomic E-state index is 15.2. The predicted molar refractivity (Wildman–Crippen MR) is 122 cm³/mol. The Balaban J connectivity index is 1.45. The fourth-order valence-electron chi connectivity index (χ4n) is 3.34. The monoisotopic (exact) mass is 447 g/mol. The van der Waals surface area contributed by atoms with Crippen molar-refractivity contribution >= 4 is 45.3 Å². The van der Waals surface area contributed by atoms with E-state index in [1.807, 2.05) is 36.1 Å². The Morgan fingerprint density at radius 1 is 1.06 bits per heavy atom. The Morgan fingerprint density at radius 2 is 1.94 bits per heavy atom. The van der Waals surface area contributed by atoms with Gasteiger partial charge in [-0.3, -0.25) is 0 Å². The molecule has 0 bridgehead atoms. The predicted octanol–water partition coefficient (Wildman–Crippen LogP) is 5.01. The van der Waals surface area contributed by atoms with Crippen LogP contribution in [0.1, 0.15) is 5.56 Å². The highest BCUT2D eigenvalue weighted by Crippen LogP contribution is 2.33. The summed E-state index contributed by atoms with van der Waals surface area (Å²) in [5, 5.41) is 3.62. The van der Waals surface area contributed by atoms with Crippen LogP contribution in [0.15, 0.2) is 54.3 Å². The van der Waals surface area contributed by atoms with Crippen LogP contribution in [0.25, 0.3) is 22.1 Å². The standard InChI is InChI=1S/C22H18FN7OS/c1-12-18(31-13-4-6-17-15(8-13)27-11-30(17)2)7-5-14(19(12)23)28-21-20-16(25-10-26-21)9-24-22(29-20)32-3/h4-11H,1-3H3,(H,25,26,28). The summed E-state index contributed by atoms with van der Waals surface area (Å²) >= 11 is 1.41. The zero-order valence-electron chi connectivity index (χ0n) is 17.5. The van der Waals surface area contributed by atoms with Crippen LogP contribution in [0.2, 0.25) is 0 Å². The second-order valence-corrected chi connectivity index (χ2v) is 7.87. The number of benzene rings is 2. The van der Waals surface area contributed by atoms with E-state index in [-0.39, 0.29) is 5.69 Å². The highest BCUT2D eigenvalue weighted by molar-refractivity contribution is 7.98. The van der Waals surface area contributed by atoms with Crippen LogP contribution in [0.3, 0.4) is 0 Å². The van der Waals surface area contributed by atoms with Crippen molar-refractivity contribution in [3.05, 3.63) is 60.6 Å². The normalized spacial score (nSPS) is 11.2. The van der Waals surface area contributed by atoms with Crippen LogP contribution >= 0.6 is 11.8 Å². The van der Waals surface area contributed by atoms with Crippen molar-refractivity contribution in [1.29, 1.82) is 0 Å². The van der Waals surface area contributed by atoms with Gasteiger partial charge in [-0.1, -0.05) is 11.8 Å². The van der Waals surface area contributed by atoms with E-state index in [9.17, 15) is 0 Å². The number of fused-ring (bicyclic) bond motifs is 2. The van der Waals surface area contributed by atoms with Crippen molar-refractivity contribution in [3.8, 4) is 11.5 Å². The van der Waals surface area contributed by atoms with Crippen LogP contribution in [-0.2, 0) is 7.05 Å². The van der Waals surface area contributed by atoms with E-state index in [0.717, 1.165) is 11.0 Å². The second kappa shape index (κ2) is 8.04. The fourth-order valence-corrected chi connectivity index (χ4v) is 3.68. The van der Waals surface area contributed by atoms with Crippen molar-refractivity contribution < 1.29 is 9.13 Å². The van der Waals surface area contributed by atoms with Gasteiger partial charge in [-0.05, 0) is 37.4 Å². The van der Waals surface area contributed by atoms with Gasteiger partial charge in [-0.2, -0.15) is 0 Å². The SMILES string of the molecule is CSc1ncc2ncnc(Nc3ccc(Oc4ccc5c(c4)ncn5C)c(C)c3F)c2n1. The Labute approximate surface area is 186 Å². The molecule has 5 rings (SSSR count). The van der Waals surface area contributed by atoms with Gasteiger partial charge in [-0.25, -0.2) is 29.3 Å². The zero-order chi connectivity index (χ0) is 22.2. The Hall–Kier alpha value is -3.79. The number of aromatic nitrogens is 6. The summed E-state index contributed by atoms with van der Waals surface area (Å²) < 4.78 is 23.1. The molecule has 5 aromatic rings. The summed E-state index contributed by atoms with van der Waals surface area (Å²) in [4.78, 5) is 21.4. The van der Waals surface area contributed by atoms with Gasteiger partial charge in [0.05, 0.1) is 29.2 Å². The molecule has 0 fully saturated rings. The molecule has 0 aliphatic carbocycles. The van der Waals surface area contributed by atoms with Gasteiger partial charge in [0.25, 0.3) is 0 Å². The highest BCUT2D eigenvalue weighted by Gasteiger charge is 2.15. The molecule has 0 spiro atoms. The number of hydrogen-bond donors (Lipinski definition) is 1. The van der Waals surface area contributed by atoms with Gasteiger partial charge in [0.2, 0.25) is 0 Å². The number of hydrogen-bond acceptors (Lipinski definition) is 8. The van der Waals surface area contributed by atoms with E-state index in [1.54, 1.807) is 31.6 Å². The third-order valence-electron chi connectivity index (χ3n) is 5.05. The first-order valence-corrected chi connectivity index (χ1v) is 10.9. The van der Waals surface area contributed by atoms with Crippen LogP contribution in [0.5, 0.6) is 11.5 Å². The number of rotatable bonds is 5. The summed E-state index contributed by atoms with van der Waals surface area (Å²) in [6.45, 7) is 1.67. The first kappa shape index (κ1) is 20.1. The molecule has 0 amide bonds. The number of imidazole rings is 1. The molecule has 3 aromatic heterocycles. The molecular formula is C22H18FN7OS.